The van der Waals surface area contributed by atoms with Crippen molar-refractivity contribution < 1.29 is 0 Å². The molecule has 0 fully saturated rings. The fraction of sp³-hybridized carbons (Fsp3) is 0.417. The van der Waals surface area contributed by atoms with Crippen LogP contribution in [0, 0.1) is 0 Å². The molecule has 8 heteroatoms. The van der Waals surface area contributed by atoms with Crippen LogP contribution in [-0.2, 0) is 12.8 Å². The van der Waals surface area contributed by atoms with Crippen molar-refractivity contribution in [1.82, 2.24) is 24.4 Å². The molecule has 0 amide bonds. The van der Waals surface area contributed by atoms with E-state index < -0.39 is 0 Å². The largest absolute Gasteiger partial charge is 0.297 e. The Morgan fingerprint density at radius 1 is 1.50 bits per heavy atom. The molecule has 3 N–H and O–H groups in total. The molecule has 0 saturated heterocycles. The number of hydrogen-bond donors (Lipinski definition) is 2. The number of hydrazine groups is 1. The monoisotopic (exact) mass is 308 g/mol. The van der Waals surface area contributed by atoms with Crippen LogP contribution in [0.3, 0.4) is 0 Å². The second-order valence-electron chi connectivity index (χ2n) is 4.58. The van der Waals surface area contributed by atoms with Crippen LogP contribution in [0.5, 0.6) is 0 Å². The Kier molecular flexibility index (Phi) is 4.06. The molecule has 0 radical (unpaired) electrons. The second kappa shape index (κ2) is 5.96. The first-order chi connectivity index (χ1) is 9.81. The average Bonchev–Trinajstić information content (AvgIpc) is 3.11. The Morgan fingerprint density at radius 3 is 3.15 bits per heavy atom. The number of fused-ring (bicyclic) bond motifs is 1. The third-order valence-corrected chi connectivity index (χ3v) is 4.80. The number of thiazole rings is 1. The fourth-order valence-corrected chi connectivity index (χ4v) is 3.67. The highest BCUT2D eigenvalue weighted by Gasteiger charge is 2.19. The highest BCUT2D eigenvalue weighted by Crippen LogP contribution is 2.25. The number of nitrogens with zero attached hydrogens (tertiary/aromatic N) is 4. The summed E-state index contributed by atoms with van der Waals surface area (Å²) < 4.78 is 6.09. The lowest BCUT2D eigenvalue weighted by molar-refractivity contribution is 0.549. The van der Waals surface area contributed by atoms with Crippen molar-refractivity contribution >= 4 is 27.8 Å². The van der Waals surface area contributed by atoms with E-state index in [0.29, 0.717) is 0 Å². The van der Waals surface area contributed by atoms with E-state index in [2.05, 4.69) is 26.9 Å². The standard InChI is InChI=1S/C12H16N6S2/c1-2-3-9-11(20-17-16-9)10(15-13)6-8-7-18-4-5-19-12(18)14-8/h4-5,7,10,15H,2-3,6,13H2,1H3. The number of nitrogens with two attached hydrogens (primary N) is 1. The summed E-state index contributed by atoms with van der Waals surface area (Å²) in [5.41, 5.74) is 4.94. The summed E-state index contributed by atoms with van der Waals surface area (Å²) in [7, 11) is 0. The summed E-state index contributed by atoms with van der Waals surface area (Å²) in [5.74, 6) is 5.72. The molecule has 3 aromatic rings. The minimum Gasteiger partial charge on any atom is -0.297 e. The lowest BCUT2D eigenvalue weighted by Gasteiger charge is -2.13. The summed E-state index contributed by atoms with van der Waals surface area (Å²) in [6, 6.07) is 0.0150. The van der Waals surface area contributed by atoms with Gasteiger partial charge in [-0.2, -0.15) is 0 Å². The van der Waals surface area contributed by atoms with Gasteiger partial charge in [0.05, 0.1) is 22.3 Å². The first-order valence-corrected chi connectivity index (χ1v) is 8.15. The van der Waals surface area contributed by atoms with Gasteiger partial charge in [-0.15, -0.1) is 16.4 Å². The Balaban J connectivity index is 1.82. The number of nitrogens with one attached hydrogen (secondary N) is 1. The first kappa shape index (κ1) is 13.6. The smallest absolute Gasteiger partial charge is 0.193 e. The molecule has 0 bridgehead atoms. The Hall–Kier alpha value is -1.35. The topological polar surface area (TPSA) is 81.1 Å². The molecule has 3 rings (SSSR count). The van der Waals surface area contributed by atoms with Crippen molar-refractivity contribution in [3.63, 3.8) is 0 Å². The van der Waals surface area contributed by atoms with E-state index in [-0.39, 0.29) is 6.04 Å². The number of hydrogen-bond acceptors (Lipinski definition) is 7. The van der Waals surface area contributed by atoms with E-state index in [1.807, 2.05) is 22.2 Å². The molecule has 0 aliphatic carbocycles. The van der Waals surface area contributed by atoms with Gasteiger partial charge in [-0.3, -0.25) is 15.7 Å². The lowest BCUT2D eigenvalue weighted by Crippen LogP contribution is -2.29. The molecule has 0 aromatic carbocycles. The molecule has 106 valence electrons. The quantitative estimate of drug-likeness (QED) is 0.537. The summed E-state index contributed by atoms with van der Waals surface area (Å²) in [4.78, 5) is 6.72. The van der Waals surface area contributed by atoms with E-state index in [1.54, 1.807) is 11.3 Å². The van der Waals surface area contributed by atoms with Gasteiger partial charge in [-0.25, -0.2) is 4.98 Å². The van der Waals surface area contributed by atoms with Crippen LogP contribution < -0.4 is 11.3 Å². The second-order valence-corrected chi connectivity index (χ2v) is 6.24. The molecule has 20 heavy (non-hydrogen) atoms. The molecular weight excluding hydrogens is 292 g/mol. The van der Waals surface area contributed by atoms with Crippen molar-refractivity contribution in [3.8, 4) is 0 Å². The van der Waals surface area contributed by atoms with Gasteiger partial charge in [0.25, 0.3) is 0 Å². The number of rotatable bonds is 6. The summed E-state index contributed by atoms with van der Waals surface area (Å²) in [6.45, 7) is 2.14. The molecule has 0 aliphatic heterocycles. The van der Waals surface area contributed by atoms with Gasteiger partial charge in [-0.05, 0) is 18.0 Å². The van der Waals surface area contributed by atoms with E-state index in [1.165, 1.54) is 11.5 Å². The van der Waals surface area contributed by atoms with Gasteiger partial charge in [0, 0.05) is 24.2 Å². The lowest BCUT2D eigenvalue weighted by atomic mass is 10.1. The van der Waals surface area contributed by atoms with Crippen LogP contribution >= 0.6 is 22.9 Å². The predicted octanol–water partition coefficient (Wildman–Crippen LogP) is 1.95. The van der Waals surface area contributed by atoms with Crippen molar-refractivity contribution in [2.45, 2.75) is 32.2 Å². The highest BCUT2D eigenvalue weighted by molar-refractivity contribution is 7.15. The van der Waals surface area contributed by atoms with Gasteiger partial charge < -0.3 is 0 Å². The fourth-order valence-electron chi connectivity index (χ4n) is 2.20. The van der Waals surface area contributed by atoms with Crippen LogP contribution in [0.25, 0.3) is 4.96 Å². The maximum Gasteiger partial charge on any atom is 0.193 e. The number of aromatic nitrogens is 4. The van der Waals surface area contributed by atoms with Crippen LogP contribution in [0.1, 0.15) is 35.7 Å². The maximum atomic E-state index is 5.72. The van der Waals surface area contributed by atoms with Crippen LogP contribution in [-0.4, -0.2) is 19.0 Å². The van der Waals surface area contributed by atoms with Gasteiger partial charge in [-0.1, -0.05) is 17.8 Å². The minimum atomic E-state index is 0.0150. The normalized spacial score (nSPS) is 13.1. The van der Waals surface area contributed by atoms with Crippen LogP contribution in [0.4, 0.5) is 0 Å². The van der Waals surface area contributed by atoms with Crippen molar-refractivity contribution in [1.29, 1.82) is 0 Å². The SMILES string of the molecule is CCCc1nnsc1C(Cc1cn2ccsc2n1)NN. The molecule has 3 heterocycles. The molecule has 1 atom stereocenters. The van der Waals surface area contributed by atoms with Crippen LogP contribution in [0.2, 0.25) is 0 Å². The van der Waals surface area contributed by atoms with Gasteiger partial charge in [0.15, 0.2) is 4.96 Å². The third kappa shape index (κ3) is 2.59. The summed E-state index contributed by atoms with van der Waals surface area (Å²) in [6.07, 6.45) is 6.78. The molecule has 3 aromatic heterocycles. The Bertz CT molecular complexity index is 656. The molecule has 1 unspecified atom stereocenters. The molecule has 0 saturated carbocycles. The van der Waals surface area contributed by atoms with E-state index >= 15 is 0 Å². The molecule has 0 aliphatic rings. The average molecular weight is 308 g/mol. The van der Waals surface area contributed by atoms with Gasteiger partial charge in [0.1, 0.15) is 0 Å². The third-order valence-electron chi connectivity index (χ3n) is 3.15. The number of imidazole rings is 1. The van der Waals surface area contributed by atoms with Gasteiger partial charge >= 0.3 is 0 Å². The number of aryl methyl sites for hydroxylation is 1. The van der Waals surface area contributed by atoms with Gasteiger partial charge in [0.2, 0.25) is 0 Å². The van der Waals surface area contributed by atoms with Crippen molar-refractivity contribution in [3.05, 3.63) is 34.0 Å². The van der Waals surface area contributed by atoms with Crippen molar-refractivity contribution in [2.24, 2.45) is 5.84 Å². The predicted molar refractivity (Wildman–Crippen MR) is 80.7 cm³/mol. The zero-order chi connectivity index (χ0) is 13.9. The molecule has 6 nitrogen and oxygen atoms in total. The zero-order valence-corrected chi connectivity index (χ0v) is 12.7. The van der Waals surface area contributed by atoms with E-state index in [4.69, 9.17) is 5.84 Å². The molecular formula is C12H16N6S2. The summed E-state index contributed by atoms with van der Waals surface area (Å²) >= 11 is 3.04. The summed E-state index contributed by atoms with van der Waals surface area (Å²) in [5, 5.41) is 6.22. The zero-order valence-electron chi connectivity index (χ0n) is 11.1. The first-order valence-electron chi connectivity index (χ1n) is 6.50. The highest BCUT2D eigenvalue weighted by atomic mass is 32.1. The van der Waals surface area contributed by atoms with E-state index in [0.717, 1.165) is 40.5 Å². The van der Waals surface area contributed by atoms with E-state index in [9.17, 15) is 0 Å². The maximum absolute atomic E-state index is 5.72. The molecule has 0 spiro atoms. The minimum absolute atomic E-state index is 0.0150. The Morgan fingerprint density at radius 2 is 2.40 bits per heavy atom. The van der Waals surface area contributed by atoms with Crippen LogP contribution in [0.15, 0.2) is 17.8 Å². The Labute approximate surface area is 124 Å². The van der Waals surface area contributed by atoms with Crippen molar-refractivity contribution in [2.75, 3.05) is 0 Å².